The highest BCUT2D eigenvalue weighted by Gasteiger charge is 2.15. The van der Waals surface area contributed by atoms with Crippen molar-refractivity contribution in [2.24, 2.45) is 0 Å². The Hall–Kier alpha value is -2.14. The molecule has 0 saturated heterocycles. The lowest BCUT2D eigenvalue weighted by Gasteiger charge is -2.19. The molecule has 110 valence electrons. The molecule has 21 heavy (non-hydrogen) atoms. The Kier molecular flexibility index (Phi) is 4.75. The Morgan fingerprint density at radius 2 is 2.10 bits per heavy atom. The van der Waals surface area contributed by atoms with Gasteiger partial charge in [0.1, 0.15) is 0 Å². The van der Waals surface area contributed by atoms with Crippen molar-refractivity contribution in [3.8, 4) is 0 Å². The van der Waals surface area contributed by atoms with Crippen LogP contribution in [0.25, 0.3) is 0 Å². The summed E-state index contributed by atoms with van der Waals surface area (Å²) < 4.78 is 13.6. The summed E-state index contributed by atoms with van der Waals surface area (Å²) in [4.78, 5) is 9.86. The number of halogens is 2. The number of benzene rings is 2. The first-order valence-electron chi connectivity index (χ1n) is 6.47. The molecule has 0 bridgehead atoms. The van der Waals surface area contributed by atoms with Crippen LogP contribution in [0.1, 0.15) is 24.9 Å². The predicted octanol–water partition coefficient (Wildman–Crippen LogP) is 4.95. The van der Waals surface area contributed by atoms with Gasteiger partial charge in [0.05, 0.1) is 11.0 Å². The zero-order valence-electron chi connectivity index (χ0n) is 11.3. The van der Waals surface area contributed by atoms with Crippen molar-refractivity contribution in [2.45, 2.75) is 19.4 Å². The van der Waals surface area contributed by atoms with E-state index in [-0.39, 0.29) is 6.04 Å². The summed E-state index contributed by atoms with van der Waals surface area (Å²) in [6.07, 6.45) is 0.763. The molecule has 0 fully saturated rings. The average molecular weight is 309 g/mol. The highest BCUT2D eigenvalue weighted by Crippen LogP contribution is 2.27. The van der Waals surface area contributed by atoms with Crippen molar-refractivity contribution in [3.05, 3.63) is 69.0 Å². The van der Waals surface area contributed by atoms with Crippen molar-refractivity contribution < 1.29 is 9.31 Å². The van der Waals surface area contributed by atoms with Crippen LogP contribution in [0.15, 0.2) is 42.5 Å². The van der Waals surface area contributed by atoms with Crippen molar-refractivity contribution in [1.82, 2.24) is 0 Å². The third-order valence-electron chi connectivity index (χ3n) is 3.14. The Morgan fingerprint density at radius 3 is 2.67 bits per heavy atom. The smallest absolute Gasteiger partial charge is 0.304 e. The van der Waals surface area contributed by atoms with E-state index in [4.69, 9.17) is 11.6 Å². The molecule has 1 atom stereocenters. The lowest BCUT2D eigenvalue weighted by Crippen LogP contribution is -2.10. The summed E-state index contributed by atoms with van der Waals surface area (Å²) in [6, 6.07) is 11.1. The van der Waals surface area contributed by atoms with Crippen molar-refractivity contribution in [3.63, 3.8) is 0 Å². The molecule has 0 spiro atoms. The van der Waals surface area contributed by atoms with Crippen LogP contribution in [0.3, 0.4) is 0 Å². The number of hydrogen-bond donors (Lipinski definition) is 1. The third-order valence-corrected chi connectivity index (χ3v) is 3.38. The van der Waals surface area contributed by atoms with Crippen molar-refractivity contribution >= 4 is 23.0 Å². The highest BCUT2D eigenvalue weighted by atomic mass is 35.5. The maximum Gasteiger partial charge on any atom is 0.304 e. The number of nitrogens with zero attached hydrogens (tertiary/aromatic N) is 1. The summed E-state index contributed by atoms with van der Waals surface area (Å²) in [5.41, 5.74) is 0.935. The molecule has 1 unspecified atom stereocenters. The number of rotatable bonds is 5. The quantitative estimate of drug-likeness (QED) is 0.628. The number of nitro groups is 1. The molecule has 0 aliphatic rings. The van der Waals surface area contributed by atoms with Crippen LogP contribution >= 0.6 is 11.6 Å². The molecule has 0 saturated carbocycles. The fourth-order valence-corrected chi connectivity index (χ4v) is 2.29. The SMILES string of the molecule is CCC(Nc1ccc([N+](=O)[O-])c(F)c1)c1cccc(Cl)c1. The minimum Gasteiger partial charge on any atom is -0.378 e. The molecule has 4 nitrogen and oxygen atoms in total. The molecule has 1 N–H and O–H groups in total. The van der Waals surface area contributed by atoms with E-state index in [1.54, 1.807) is 6.07 Å². The van der Waals surface area contributed by atoms with Crippen LogP contribution in [0, 0.1) is 15.9 Å². The zero-order chi connectivity index (χ0) is 15.4. The van der Waals surface area contributed by atoms with Gasteiger partial charge < -0.3 is 5.32 Å². The van der Waals surface area contributed by atoms with Gasteiger partial charge in [0.25, 0.3) is 0 Å². The Labute approximate surface area is 126 Å². The second-order valence-electron chi connectivity index (χ2n) is 4.58. The summed E-state index contributed by atoms with van der Waals surface area (Å²) >= 11 is 5.97. The summed E-state index contributed by atoms with van der Waals surface area (Å²) in [7, 11) is 0. The topological polar surface area (TPSA) is 55.2 Å². The van der Waals surface area contributed by atoms with Gasteiger partial charge in [-0.05, 0) is 30.2 Å². The summed E-state index contributed by atoms with van der Waals surface area (Å²) in [5.74, 6) is -0.856. The molecule has 2 aromatic carbocycles. The average Bonchev–Trinajstić information content (AvgIpc) is 2.44. The first kappa shape index (κ1) is 15.3. The zero-order valence-corrected chi connectivity index (χ0v) is 12.1. The van der Waals surface area contributed by atoms with E-state index in [2.05, 4.69) is 5.32 Å². The molecule has 0 radical (unpaired) electrons. The lowest BCUT2D eigenvalue weighted by molar-refractivity contribution is -0.387. The standard InChI is InChI=1S/C15H14ClFN2O2/c1-2-14(10-4-3-5-11(16)8-10)18-12-6-7-15(19(20)21)13(17)9-12/h3-9,14,18H,2H2,1H3. The molecule has 2 aromatic rings. The number of nitrogens with one attached hydrogen (secondary N) is 1. The Bertz CT molecular complexity index is 664. The Morgan fingerprint density at radius 1 is 1.33 bits per heavy atom. The molecular weight excluding hydrogens is 295 g/mol. The van der Waals surface area contributed by atoms with E-state index in [9.17, 15) is 14.5 Å². The normalized spacial score (nSPS) is 12.0. The molecule has 2 rings (SSSR count). The van der Waals surface area contributed by atoms with Crippen LogP contribution in [0.5, 0.6) is 0 Å². The molecule has 6 heteroatoms. The van der Waals surface area contributed by atoms with Crippen molar-refractivity contribution in [2.75, 3.05) is 5.32 Å². The minimum absolute atomic E-state index is 0.0513. The van der Waals surface area contributed by atoms with Crippen LogP contribution in [0.4, 0.5) is 15.8 Å². The van der Waals surface area contributed by atoms with Gasteiger partial charge in [-0.15, -0.1) is 0 Å². The fourth-order valence-electron chi connectivity index (χ4n) is 2.09. The van der Waals surface area contributed by atoms with Gasteiger partial charge in [-0.2, -0.15) is 4.39 Å². The van der Waals surface area contributed by atoms with Crippen LogP contribution in [-0.4, -0.2) is 4.92 Å². The second-order valence-corrected chi connectivity index (χ2v) is 5.02. The van der Waals surface area contributed by atoms with E-state index >= 15 is 0 Å². The molecule has 0 aliphatic heterocycles. The first-order chi connectivity index (χ1) is 10.0. The predicted molar refractivity (Wildman–Crippen MR) is 81.2 cm³/mol. The largest absolute Gasteiger partial charge is 0.378 e. The van der Waals surface area contributed by atoms with Gasteiger partial charge in [-0.1, -0.05) is 30.7 Å². The number of nitro benzene ring substituents is 1. The molecule has 0 aromatic heterocycles. The van der Waals surface area contributed by atoms with Gasteiger partial charge >= 0.3 is 5.69 Å². The lowest BCUT2D eigenvalue weighted by atomic mass is 10.0. The minimum atomic E-state index is -0.856. The van der Waals surface area contributed by atoms with Gasteiger partial charge in [0.2, 0.25) is 5.82 Å². The first-order valence-corrected chi connectivity index (χ1v) is 6.85. The fraction of sp³-hybridized carbons (Fsp3) is 0.200. The monoisotopic (exact) mass is 308 g/mol. The summed E-state index contributed by atoms with van der Waals surface area (Å²) in [5, 5.41) is 14.4. The number of hydrogen-bond acceptors (Lipinski definition) is 3. The van der Waals surface area contributed by atoms with Crippen LogP contribution in [0.2, 0.25) is 5.02 Å². The van der Waals surface area contributed by atoms with E-state index < -0.39 is 16.4 Å². The van der Waals surface area contributed by atoms with Crippen LogP contribution in [-0.2, 0) is 0 Å². The van der Waals surface area contributed by atoms with Gasteiger partial charge in [0.15, 0.2) is 0 Å². The third kappa shape index (κ3) is 3.70. The number of anilines is 1. The van der Waals surface area contributed by atoms with Gasteiger partial charge in [-0.25, -0.2) is 0 Å². The Balaban J connectivity index is 2.23. The van der Waals surface area contributed by atoms with E-state index in [1.807, 2.05) is 25.1 Å². The maximum atomic E-state index is 13.6. The molecule has 0 aliphatic carbocycles. The van der Waals surface area contributed by atoms with E-state index in [0.29, 0.717) is 10.7 Å². The summed E-state index contributed by atoms with van der Waals surface area (Å²) in [6.45, 7) is 1.99. The van der Waals surface area contributed by atoms with Gasteiger partial charge in [0, 0.05) is 22.8 Å². The van der Waals surface area contributed by atoms with Crippen LogP contribution < -0.4 is 5.32 Å². The highest BCUT2D eigenvalue weighted by molar-refractivity contribution is 6.30. The second kappa shape index (κ2) is 6.54. The van der Waals surface area contributed by atoms with Gasteiger partial charge in [-0.3, -0.25) is 10.1 Å². The van der Waals surface area contributed by atoms with E-state index in [1.165, 1.54) is 6.07 Å². The molecule has 0 amide bonds. The van der Waals surface area contributed by atoms with E-state index in [0.717, 1.165) is 24.1 Å². The molecular formula is C15H14ClFN2O2. The maximum absolute atomic E-state index is 13.6. The molecule has 0 heterocycles. The van der Waals surface area contributed by atoms with Crippen molar-refractivity contribution in [1.29, 1.82) is 0 Å².